The number of aromatic nitrogens is 1. The second-order valence-corrected chi connectivity index (χ2v) is 8.60. The Kier molecular flexibility index (Phi) is 7.38. The van der Waals surface area contributed by atoms with Gasteiger partial charge in [0.25, 0.3) is 5.91 Å². The fourth-order valence-electron chi connectivity index (χ4n) is 3.31. The molecule has 0 spiro atoms. The average molecular weight is 512 g/mol. The predicted octanol–water partition coefficient (Wildman–Crippen LogP) is 5.67. The zero-order valence-electron chi connectivity index (χ0n) is 19.4. The molecule has 0 aliphatic heterocycles. The lowest BCUT2D eigenvalue weighted by Crippen LogP contribution is -2.25. The number of hydrogen-bond donors (Lipinski definition) is 0. The smallest absolute Gasteiger partial charge is 0.280 e. The first-order valence-electron chi connectivity index (χ1n) is 10.4. The van der Waals surface area contributed by atoms with Crippen LogP contribution in [-0.2, 0) is 0 Å². The zero-order valence-corrected chi connectivity index (χ0v) is 21.0. The number of fused-ring (bicyclic) bond motifs is 1. The van der Waals surface area contributed by atoms with Gasteiger partial charge in [-0.2, -0.15) is 10.1 Å². The minimum atomic E-state index is -0.364. The van der Waals surface area contributed by atoms with Gasteiger partial charge in [-0.15, -0.1) is 0 Å². The van der Waals surface area contributed by atoms with Crippen LogP contribution in [0, 0.1) is 0 Å². The number of benzene rings is 3. The van der Waals surface area contributed by atoms with Crippen LogP contribution in [0.1, 0.15) is 15.9 Å². The largest absolute Gasteiger partial charge is 0.497 e. The molecule has 0 bridgehead atoms. The second-order valence-electron chi connectivity index (χ2n) is 7.16. The first kappa shape index (κ1) is 24.3. The van der Waals surface area contributed by atoms with Crippen molar-refractivity contribution in [2.45, 2.75) is 0 Å². The number of halogens is 1. The van der Waals surface area contributed by atoms with Gasteiger partial charge in [-0.25, -0.2) is 4.98 Å². The van der Waals surface area contributed by atoms with E-state index in [0.29, 0.717) is 44.3 Å². The number of carbonyl (C=O) groups is 1. The molecular formula is C25H22ClN3O5S. The van der Waals surface area contributed by atoms with Gasteiger partial charge in [-0.3, -0.25) is 4.79 Å². The van der Waals surface area contributed by atoms with Crippen LogP contribution >= 0.6 is 22.9 Å². The third-order valence-electron chi connectivity index (χ3n) is 5.06. The molecule has 3 aromatic carbocycles. The third-order valence-corrected chi connectivity index (χ3v) is 6.30. The van der Waals surface area contributed by atoms with Gasteiger partial charge in [0.15, 0.2) is 11.5 Å². The van der Waals surface area contributed by atoms with Crippen molar-refractivity contribution in [3.8, 4) is 23.0 Å². The molecule has 1 heterocycles. The van der Waals surface area contributed by atoms with Crippen LogP contribution in [-0.4, -0.2) is 45.5 Å². The molecule has 0 atom stereocenters. The molecule has 0 fully saturated rings. The van der Waals surface area contributed by atoms with Crippen molar-refractivity contribution in [3.63, 3.8) is 0 Å². The molecule has 0 aliphatic carbocycles. The van der Waals surface area contributed by atoms with Gasteiger partial charge in [-0.05, 0) is 54.6 Å². The number of hydrogen-bond acceptors (Lipinski definition) is 8. The van der Waals surface area contributed by atoms with E-state index < -0.39 is 0 Å². The number of rotatable bonds is 8. The standard InChI is InChI=1S/C25H22ClN3O5S/c1-31-18-9-10-19-22(13-18)35-25(28-19)29(24(30)16-5-7-17(26)8-6-16)27-14-15-11-20(32-2)23(34-4)21(12-15)33-3/h5-14H,1-4H3/b27-14+. The van der Waals surface area contributed by atoms with Crippen molar-refractivity contribution in [1.29, 1.82) is 0 Å². The van der Waals surface area contributed by atoms with E-state index in [2.05, 4.69) is 10.1 Å². The molecule has 0 N–H and O–H groups in total. The lowest BCUT2D eigenvalue weighted by molar-refractivity contribution is 0.0988. The first-order chi connectivity index (χ1) is 17.0. The van der Waals surface area contributed by atoms with E-state index in [-0.39, 0.29) is 5.91 Å². The van der Waals surface area contributed by atoms with Crippen LogP contribution in [0.5, 0.6) is 23.0 Å². The third kappa shape index (κ3) is 5.16. The molecule has 0 aliphatic rings. The fourth-order valence-corrected chi connectivity index (χ4v) is 4.39. The Bertz CT molecular complexity index is 1360. The van der Waals surface area contributed by atoms with Crippen molar-refractivity contribution in [2.24, 2.45) is 5.10 Å². The van der Waals surface area contributed by atoms with Crippen LogP contribution in [0.15, 0.2) is 59.7 Å². The summed E-state index contributed by atoms with van der Waals surface area (Å²) in [6, 6.07) is 15.6. The Morgan fingerprint density at radius 2 is 1.63 bits per heavy atom. The van der Waals surface area contributed by atoms with E-state index in [1.807, 2.05) is 18.2 Å². The van der Waals surface area contributed by atoms with Crippen molar-refractivity contribution in [1.82, 2.24) is 4.98 Å². The van der Waals surface area contributed by atoms with Crippen LogP contribution in [0.2, 0.25) is 5.02 Å². The summed E-state index contributed by atoms with van der Waals surface area (Å²) in [5.41, 5.74) is 1.77. The first-order valence-corrected chi connectivity index (χ1v) is 11.6. The second kappa shape index (κ2) is 10.6. The molecule has 0 saturated heterocycles. The maximum atomic E-state index is 13.5. The highest BCUT2D eigenvalue weighted by Crippen LogP contribution is 2.38. The van der Waals surface area contributed by atoms with Gasteiger partial charge in [0.2, 0.25) is 10.9 Å². The summed E-state index contributed by atoms with van der Waals surface area (Å²) >= 11 is 7.33. The van der Waals surface area contributed by atoms with Gasteiger partial charge in [-0.1, -0.05) is 22.9 Å². The summed E-state index contributed by atoms with van der Waals surface area (Å²) < 4.78 is 22.4. The molecule has 0 unspecified atom stereocenters. The number of amides is 1. The van der Waals surface area contributed by atoms with E-state index in [0.717, 1.165) is 10.2 Å². The Morgan fingerprint density at radius 1 is 0.943 bits per heavy atom. The number of thiazole rings is 1. The maximum absolute atomic E-state index is 13.5. The van der Waals surface area contributed by atoms with Gasteiger partial charge in [0.1, 0.15) is 5.75 Å². The molecule has 0 saturated carbocycles. The summed E-state index contributed by atoms with van der Waals surface area (Å²) in [6.07, 6.45) is 1.53. The number of methoxy groups -OCH3 is 4. The van der Waals surface area contributed by atoms with Crippen LogP contribution < -0.4 is 24.0 Å². The number of carbonyl (C=O) groups excluding carboxylic acids is 1. The summed E-state index contributed by atoms with van der Waals surface area (Å²) in [4.78, 5) is 18.1. The molecule has 0 radical (unpaired) electrons. The molecule has 4 aromatic rings. The van der Waals surface area contributed by atoms with E-state index in [9.17, 15) is 4.79 Å². The molecule has 180 valence electrons. The maximum Gasteiger partial charge on any atom is 0.280 e. The molecule has 8 nitrogen and oxygen atoms in total. The average Bonchev–Trinajstić information content (AvgIpc) is 3.31. The van der Waals surface area contributed by atoms with Crippen LogP contribution in [0.4, 0.5) is 5.13 Å². The minimum Gasteiger partial charge on any atom is -0.497 e. The Balaban J connectivity index is 1.78. The van der Waals surface area contributed by atoms with Gasteiger partial charge >= 0.3 is 0 Å². The normalized spacial score (nSPS) is 11.0. The van der Waals surface area contributed by atoms with E-state index >= 15 is 0 Å². The van der Waals surface area contributed by atoms with E-state index in [4.69, 9.17) is 30.5 Å². The quantitative estimate of drug-likeness (QED) is 0.224. The Labute approximate surface area is 211 Å². The van der Waals surface area contributed by atoms with Gasteiger partial charge in [0, 0.05) is 16.1 Å². The van der Waals surface area contributed by atoms with Crippen molar-refractivity contribution < 1.29 is 23.7 Å². The van der Waals surface area contributed by atoms with Crippen LogP contribution in [0.3, 0.4) is 0 Å². The Morgan fingerprint density at radius 3 is 2.23 bits per heavy atom. The summed E-state index contributed by atoms with van der Waals surface area (Å²) in [5.74, 6) is 1.73. The molecule has 1 amide bonds. The topological polar surface area (TPSA) is 82.5 Å². The van der Waals surface area contributed by atoms with Crippen LogP contribution in [0.25, 0.3) is 10.2 Å². The molecule has 4 rings (SSSR count). The number of anilines is 1. The zero-order chi connectivity index (χ0) is 24.9. The van der Waals surface area contributed by atoms with E-state index in [1.54, 1.807) is 43.5 Å². The molecule has 1 aromatic heterocycles. The molecular weight excluding hydrogens is 490 g/mol. The van der Waals surface area contributed by atoms with Gasteiger partial charge < -0.3 is 18.9 Å². The summed E-state index contributed by atoms with van der Waals surface area (Å²) in [5, 5.41) is 6.68. The number of ether oxygens (including phenoxy) is 4. The minimum absolute atomic E-state index is 0.364. The monoisotopic (exact) mass is 511 g/mol. The molecule has 35 heavy (non-hydrogen) atoms. The summed E-state index contributed by atoms with van der Waals surface area (Å²) in [6.45, 7) is 0. The highest BCUT2D eigenvalue weighted by Gasteiger charge is 2.22. The van der Waals surface area contributed by atoms with Crippen molar-refractivity contribution in [3.05, 3.63) is 70.7 Å². The lowest BCUT2D eigenvalue weighted by Gasteiger charge is -2.15. The van der Waals surface area contributed by atoms with Crippen molar-refractivity contribution >= 4 is 50.4 Å². The fraction of sp³-hybridized carbons (Fsp3) is 0.160. The van der Waals surface area contributed by atoms with E-state index in [1.165, 1.54) is 43.9 Å². The molecule has 10 heteroatoms. The summed E-state index contributed by atoms with van der Waals surface area (Å²) in [7, 11) is 6.19. The highest BCUT2D eigenvalue weighted by atomic mass is 35.5. The number of hydrazone groups is 1. The Hall–Kier alpha value is -3.82. The van der Waals surface area contributed by atoms with Gasteiger partial charge in [0.05, 0.1) is 44.9 Å². The SMILES string of the molecule is COc1ccc2nc(N(/N=C/c3cc(OC)c(OC)c(OC)c3)C(=O)c3ccc(Cl)cc3)sc2c1. The lowest BCUT2D eigenvalue weighted by atomic mass is 10.2. The highest BCUT2D eigenvalue weighted by molar-refractivity contribution is 7.22. The number of nitrogens with zero attached hydrogens (tertiary/aromatic N) is 3. The predicted molar refractivity (Wildman–Crippen MR) is 138 cm³/mol. The van der Waals surface area contributed by atoms with Crippen molar-refractivity contribution in [2.75, 3.05) is 33.4 Å².